The van der Waals surface area contributed by atoms with Crippen molar-refractivity contribution in [3.8, 4) is 44.5 Å². The molecule has 11 aromatic carbocycles. The molecule has 12 rings (SSSR count). The average molecular weight is 822 g/mol. The fourth-order valence-corrected chi connectivity index (χ4v) is 9.87. The normalized spacial score (nSPS) is 14.2. The van der Waals surface area contributed by atoms with Crippen LogP contribution in [0.4, 0.5) is 17.1 Å². The van der Waals surface area contributed by atoms with Crippen LogP contribution < -0.4 is 4.90 Å². The Labute approximate surface area is 386 Å². The molecule has 0 radical (unpaired) electrons. The van der Waals surface area contributed by atoms with Crippen molar-refractivity contribution < 1.29 is 11.0 Å². The zero-order chi connectivity index (χ0) is 49.4. The van der Waals surface area contributed by atoms with Crippen molar-refractivity contribution in [1.82, 2.24) is 0 Å². The number of rotatable bonds is 8. The van der Waals surface area contributed by atoms with Gasteiger partial charge in [0, 0.05) is 16.9 Å². The Balaban J connectivity index is 1.11. The third-order valence-corrected chi connectivity index (χ3v) is 12.7. The third-order valence-electron chi connectivity index (χ3n) is 12.7. The van der Waals surface area contributed by atoms with Crippen molar-refractivity contribution in [3.63, 3.8) is 0 Å². The highest BCUT2D eigenvalue weighted by Crippen LogP contribution is 2.57. The summed E-state index contributed by atoms with van der Waals surface area (Å²) in [6.45, 7) is 0. The zero-order valence-corrected chi connectivity index (χ0v) is 34.7. The highest BCUT2D eigenvalue weighted by molar-refractivity contribution is 6.13. The monoisotopic (exact) mass is 821 g/mol. The summed E-state index contributed by atoms with van der Waals surface area (Å²) in [5.41, 5.74) is 8.36. The summed E-state index contributed by atoms with van der Waals surface area (Å²) in [5.74, 6) is 0. The molecule has 300 valence electrons. The molecule has 0 saturated heterocycles. The number of nitrogens with zero attached hydrogens (tertiary/aromatic N) is 1. The van der Waals surface area contributed by atoms with Crippen molar-refractivity contribution in [2.45, 2.75) is 5.41 Å². The largest absolute Gasteiger partial charge is 0.310 e. The van der Waals surface area contributed by atoms with Gasteiger partial charge in [-0.2, -0.15) is 0 Å². The van der Waals surface area contributed by atoms with Crippen molar-refractivity contribution in [2.75, 3.05) is 4.90 Å². The maximum atomic E-state index is 9.98. The van der Waals surface area contributed by atoms with E-state index in [0.29, 0.717) is 16.9 Å². The molecule has 0 unspecified atom stereocenters. The number of para-hydroxylation sites is 1. The smallest absolute Gasteiger partial charge is 0.0714 e. The SMILES string of the molecule is [2H]c1c([2H])c(-c2cc3ccccc3c3ccccc23)c([2H])c([2H])c1-c1c([2H])c([2H])c(N(c2ccc3c(c2)C(c2ccccc2)(c2ccccc2)c2ccccc2-3)c2ccccc2-c2ccccc2)c([2H])c1[2H]. The molecule has 0 aliphatic heterocycles. The summed E-state index contributed by atoms with van der Waals surface area (Å²) in [6, 6.07) is 67.0. The maximum Gasteiger partial charge on any atom is 0.0714 e. The van der Waals surface area contributed by atoms with Gasteiger partial charge in [-0.1, -0.05) is 224 Å². The van der Waals surface area contributed by atoms with E-state index < -0.39 is 41.7 Å². The first-order chi connectivity index (χ1) is 35.1. The van der Waals surface area contributed by atoms with Crippen LogP contribution in [0.5, 0.6) is 0 Å². The lowest BCUT2D eigenvalue weighted by atomic mass is 9.67. The molecule has 64 heavy (non-hydrogen) atoms. The molecule has 0 N–H and O–H groups in total. The van der Waals surface area contributed by atoms with E-state index in [1.165, 1.54) is 0 Å². The van der Waals surface area contributed by atoms with Crippen LogP contribution in [0.3, 0.4) is 0 Å². The Morgan fingerprint density at radius 2 is 0.828 bits per heavy atom. The van der Waals surface area contributed by atoms with Crippen LogP contribution >= 0.6 is 0 Å². The van der Waals surface area contributed by atoms with Crippen LogP contribution in [0.1, 0.15) is 33.2 Å². The molecule has 1 aliphatic rings. The number of hydrogen-bond acceptors (Lipinski definition) is 1. The van der Waals surface area contributed by atoms with Crippen molar-refractivity contribution in [1.29, 1.82) is 0 Å². The van der Waals surface area contributed by atoms with E-state index in [9.17, 15) is 11.0 Å². The van der Waals surface area contributed by atoms with E-state index >= 15 is 0 Å². The fourth-order valence-electron chi connectivity index (χ4n) is 9.87. The topological polar surface area (TPSA) is 3.24 Å². The Bertz CT molecular complexity index is 3870. The molecule has 0 heterocycles. The average Bonchev–Trinajstić information content (AvgIpc) is 3.73. The second-order valence-corrected chi connectivity index (χ2v) is 16.1. The van der Waals surface area contributed by atoms with Gasteiger partial charge < -0.3 is 4.90 Å². The minimum Gasteiger partial charge on any atom is -0.310 e. The quantitative estimate of drug-likeness (QED) is 0.138. The summed E-state index contributed by atoms with van der Waals surface area (Å²) in [7, 11) is 0. The highest BCUT2D eigenvalue weighted by atomic mass is 15.1. The molecular weight excluding hydrogens is 771 g/mol. The minimum absolute atomic E-state index is 0.0351. The Morgan fingerprint density at radius 1 is 0.312 bits per heavy atom. The molecule has 1 nitrogen and oxygen atoms in total. The summed E-state index contributed by atoms with van der Waals surface area (Å²) in [4.78, 5) is 1.81. The number of anilines is 3. The van der Waals surface area contributed by atoms with Gasteiger partial charge in [0.2, 0.25) is 0 Å². The first-order valence-electron chi connectivity index (χ1n) is 25.5. The van der Waals surface area contributed by atoms with Crippen LogP contribution in [-0.2, 0) is 5.41 Å². The van der Waals surface area contributed by atoms with Gasteiger partial charge in [0.1, 0.15) is 0 Å². The summed E-state index contributed by atoms with van der Waals surface area (Å²) in [6.07, 6.45) is 0. The van der Waals surface area contributed by atoms with E-state index in [4.69, 9.17) is 0 Å². The second kappa shape index (κ2) is 15.6. The molecule has 0 atom stereocenters. The van der Waals surface area contributed by atoms with E-state index in [0.717, 1.165) is 66.1 Å². The zero-order valence-electron chi connectivity index (χ0n) is 42.7. The van der Waals surface area contributed by atoms with Crippen molar-refractivity contribution in [2.24, 2.45) is 0 Å². The Hall–Kier alpha value is -8.26. The molecular formula is C63H43N. The second-order valence-electron chi connectivity index (χ2n) is 16.1. The first-order valence-corrected chi connectivity index (χ1v) is 21.5. The van der Waals surface area contributed by atoms with Gasteiger partial charge >= 0.3 is 0 Å². The van der Waals surface area contributed by atoms with Crippen LogP contribution in [0, 0.1) is 0 Å². The van der Waals surface area contributed by atoms with Crippen molar-refractivity contribution in [3.05, 3.63) is 283 Å². The number of benzene rings is 11. The van der Waals surface area contributed by atoms with E-state index in [1.807, 2.05) is 133 Å². The molecule has 11 aromatic rings. The number of hydrogen-bond donors (Lipinski definition) is 0. The van der Waals surface area contributed by atoms with Gasteiger partial charge in [0.15, 0.2) is 0 Å². The van der Waals surface area contributed by atoms with Crippen LogP contribution in [0.15, 0.2) is 261 Å². The minimum atomic E-state index is -0.782. The van der Waals surface area contributed by atoms with E-state index in [1.54, 1.807) is 4.90 Å². The van der Waals surface area contributed by atoms with Crippen LogP contribution in [0.2, 0.25) is 0 Å². The first kappa shape index (κ1) is 29.9. The molecule has 1 aliphatic carbocycles. The predicted molar refractivity (Wildman–Crippen MR) is 270 cm³/mol. The molecule has 0 bridgehead atoms. The van der Waals surface area contributed by atoms with Gasteiger partial charge in [-0.25, -0.2) is 0 Å². The molecule has 1 heteroatoms. The van der Waals surface area contributed by atoms with E-state index in [2.05, 4.69) is 78.9 Å². The maximum absolute atomic E-state index is 9.98. The fraction of sp³-hybridized carbons (Fsp3) is 0.0159. The summed E-state index contributed by atoms with van der Waals surface area (Å²) < 4.78 is 77.5. The molecule has 0 amide bonds. The lowest BCUT2D eigenvalue weighted by Gasteiger charge is -2.35. The lowest BCUT2D eigenvalue weighted by molar-refractivity contribution is 0.768. The number of fused-ring (bicyclic) bond motifs is 6. The van der Waals surface area contributed by atoms with Crippen LogP contribution in [-0.4, -0.2) is 0 Å². The third kappa shape index (κ3) is 6.08. The lowest BCUT2D eigenvalue weighted by Crippen LogP contribution is -2.28. The molecule has 0 spiro atoms. The standard InChI is InChI=1S/C63H43N/c1-4-18-46(19-5-1)54-26-15-17-31-62(54)64(52-40-41-58-57-29-14-16-30-60(57)63(61(58)43-52,49-21-6-2-7-22-49)50-23-8-3-9-24-50)51-38-36-45(37-39-51)44-32-34-47(35-33-44)59-42-48-20-10-11-25-53(48)55-27-12-13-28-56(55)59/h1-43H/i32D,33D,34D,35D,36D,37D,38D,39D. The van der Waals surface area contributed by atoms with Gasteiger partial charge in [-0.05, 0) is 119 Å². The van der Waals surface area contributed by atoms with Gasteiger partial charge in [0.25, 0.3) is 0 Å². The molecule has 0 saturated carbocycles. The molecule has 0 aromatic heterocycles. The predicted octanol–water partition coefficient (Wildman–Crippen LogP) is 16.8. The summed E-state index contributed by atoms with van der Waals surface area (Å²) in [5, 5.41) is 3.53. The van der Waals surface area contributed by atoms with Crippen molar-refractivity contribution >= 4 is 38.6 Å². The van der Waals surface area contributed by atoms with Crippen LogP contribution in [0.25, 0.3) is 66.1 Å². The van der Waals surface area contributed by atoms with Gasteiger partial charge in [-0.3, -0.25) is 0 Å². The van der Waals surface area contributed by atoms with Gasteiger partial charge in [0.05, 0.1) is 22.1 Å². The Kier molecular flexibility index (Phi) is 7.28. The molecule has 0 fully saturated rings. The van der Waals surface area contributed by atoms with E-state index in [-0.39, 0.29) is 34.5 Å². The van der Waals surface area contributed by atoms with Gasteiger partial charge in [-0.15, -0.1) is 0 Å². The highest BCUT2D eigenvalue weighted by Gasteiger charge is 2.46. The Morgan fingerprint density at radius 3 is 1.53 bits per heavy atom. The summed E-state index contributed by atoms with van der Waals surface area (Å²) >= 11 is 0.